The minimum absolute atomic E-state index is 0.00525. The zero-order valence-corrected chi connectivity index (χ0v) is 10.5. The summed E-state index contributed by atoms with van der Waals surface area (Å²) in [6, 6.07) is 3.60. The lowest BCUT2D eigenvalue weighted by Gasteiger charge is -2.18. The number of benzene rings is 1. The summed E-state index contributed by atoms with van der Waals surface area (Å²) in [5.74, 6) is 0.807. The highest BCUT2D eigenvalue weighted by molar-refractivity contribution is 6.18. The van der Waals surface area contributed by atoms with E-state index in [1.165, 1.54) is 0 Å². The molecule has 0 amide bonds. The Kier molecular flexibility index (Phi) is 4.59. The monoisotopic (exact) mass is 244 g/mol. The molecule has 0 heterocycles. The summed E-state index contributed by atoms with van der Waals surface area (Å²) in [4.78, 5) is 0. The lowest BCUT2D eigenvalue weighted by atomic mass is 9.99. The van der Waals surface area contributed by atoms with Crippen molar-refractivity contribution in [1.82, 2.24) is 0 Å². The first-order chi connectivity index (χ1) is 7.51. The van der Waals surface area contributed by atoms with E-state index in [9.17, 15) is 10.2 Å². The van der Waals surface area contributed by atoms with Gasteiger partial charge in [-0.2, -0.15) is 0 Å². The largest absolute Gasteiger partial charge is 0.496 e. The maximum atomic E-state index is 9.83. The first-order valence-electron chi connectivity index (χ1n) is 5.08. The molecule has 16 heavy (non-hydrogen) atoms. The molecular formula is C12H17ClO3. The van der Waals surface area contributed by atoms with Crippen LogP contribution < -0.4 is 4.74 Å². The first-order valence-corrected chi connectivity index (χ1v) is 5.62. The molecule has 0 aliphatic heterocycles. The van der Waals surface area contributed by atoms with E-state index in [1.807, 2.05) is 13.8 Å². The number of rotatable bonds is 4. The number of aliphatic hydroxyl groups excluding tert-OH is 2. The number of hydrogen-bond acceptors (Lipinski definition) is 3. The van der Waals surface area contributed by atoms with E-state index in [0.29, 0.717) is 5.56 Å². The lowest BCUT2D eigenvalue weighted by molar-refractivity contribution is 0.0326. The van der Waals surface area contributed by atoms with Crippen LogP contribution in [0.1, 0.15) is 22.8 Å². The molecule has 1 rings (SSSR count). The van der Waals surface area contributed by atoms with Gasteiger partial charge in [-0.05, 0) is 42.7 Å². The molecule has 2 unspecified atom stereocenters. The van der Waals surface area contributed by atoms with Crippen molar-refractivity contribution in [2.45, 2.75) is 26.1 Å². The van der Waals surface area contributed by atoms with Crippen LogP contribution in [-0.4, -0.2) is 29.3 Å². The molecule has 0 bridgehead atoms. The van der Waals surface area contributed by atoms with Gasteiger partial charge in [0.05, 0.1) is 19.1 Å². The summed E-state index contributed by atoms with van der Waals surface area (Å²) in [6.07, 6.45) is -1.91. The number of methoxy groups -OCH3 is 1. The third kappa shape index (κ3) is 2.67. The topological polar surface area (TPSA) is 49.7 Å². The van der Waals surface area contributed by atoms with Gasteiger partial charge in [0.2, 0.25) is 0 Å². The molecule has 0 saturated heterocycles. The van der Waals surface area contributed by atoms with E-state index >= 15 is 0 Å². The summed E-state index contributed by atoms with van der Waals surface area (Å²) in [5.41, 5.74) is 2.51. The van der Waals surface area contributed by atoms with Crippen LogP contribution in [0.3, 0.4) is 0 Å². The highest BCUT2D eigenvalue weighted by atomic mass is 35.5. The van der Waals surface area contributed by atoms with E-state index < -0.39 is 12.2 Å². The van der Waals surface area contributed by atoms with Crippen LogP contribution in [0.15, 0.2) is 12.1 Å². The fourth-order valence-corrected chi connectivity index (χ4v) is 1.95. The van der Waals surface area contributed by atoms with E-state index in [0.717, 1.165) is 16.9 Å². The normalized spacial score (nSPS) is 14.6. The number of halogens is 1. The number of hydrogen-bond donors (Lipinski definition) is 2. The van der Waals surface area contributed by atoms with Gasteiger partial charge in [0, 0.05) is 0 Å². The van der Waals surface area contributed by atoms with Gasteiger partial charge in [0.15, 0.2) is 0 Å². The second-order valence-corrected chi connectivity index (χ2v) is 4.16. The second kappa shape index (κ2) is 5.53. The van der Waals surface area contributed by atoms with E-state index in [4.69, 9.17) is 16.3 Å². The van der Waals surface area contributed by atoms with Crippen molar-refractivity contribution < 1.29 is 14.9 Å². The lowest BCUT2D eigenvalue weighted by Crippen LogP contribution is -2.20. The molecule has 1 aromatic carbocycles. The minimum Gasteiger partial charge on any atom is -0.496 e. The van der Waals surface area contributed by atoms with Gasteiger partial charge in [-0.3, -0.25) is 0 Å². The maximum Gasteiger partial charge on any atom is 0.124 e. The molecule has 0 aromatic heterocycles. The molecule has 0 fully saturated rings. The van der Waals surface area contributed by atoms with Crippen molar-refractivity contribution >= 4 is 11.6 Å². The summed E-state index contributed by atoms with van der Waals surface area (Å²) in [6.45, 7) is 3.80. The highest BCUT2D eigenvalue weighted by Gasteiger charge is 2.19. The molecule has 2 atom stereocenters. The Hall–Kier alpha value is -0.770. The summed E-state index contributed by atoms with van der Waals surface area (Å²) >= 11 is 5.50. The molecule has 0 saturated carbocycles. The van der Waals surface area contributed by atoms with Crippen molar-refractivity contribution in [2.75, 3.05) is 13.0 Å². The Morgan fingerprint density at radius 3 is 2.12 bits per heavy atom. The quantitative estimate of drug-likeness (QED) is 0.796. The number of ether oxygens (including phenoxy) is 1. The van der Waals surface area contributed by atoms with Crippen molar-refractivity contribution in [1.29, 1.82) is 0 Å². The van der Waals surface area contributed by atoms with Crippen molar-refractivity contribution in [3.8, 4) is 5.75 Å². The molecule has 0 spiro atoms. The second-order valence-electron chi connectivity index (χ2n) is 3.85. The average molecular weight is 245 g/mol. The van der Waals surface area contributed by atoms with Gasteiger partial charge in [0.1, 0.15) is 11.9 Å². The van der Waals surface area contributed by atoms with E-state index in [-0.39, 0.29) is 5.88 Å². The van der Waals surface area contributed by atoms with Gasteiger partial charge in [-0.1, -0.05) is 0 Å². The summed E-state index contributed by atoms with van der Waals surface area (Å²) in [5, 5.41) is 19.3. The van der Waals surface area contributed by atoms with Crippen molar-refractivity contribution in [3.05, 3.63) is 28.8 Å². The van der Waals surface area contributed by atoms with Gasteiger partial charge in [-0.15, -0.1) is 11.6 Å². The Morgan fingerprint density at radius 2 is 1.75 bits per heavy atom. The van der Waals surface area contributed by atoms with Crippen LogP contribution >= 0.6 is 11.6 Å². The number of aryl methyl sites for hydroxylation is 2. The molecule has 4 heteroatoms. The minimum atomic E-state index is -0.958. The number of aliphatic hydroxyl groups is 2. The Bertz CT molecular complexity index is 342. The first kappa shape index (κ1) is 13.3. The summed E-state index contributed by atoms with van der Waals surface area (Å²) in [7, 11) is 1.61. The van der Waals surface area contributed by atoms with Crippen LogP contribution in [0, 0.1) is 13.8 Å². The molecule has 2 N–H and O–H groups in total. The standard InChI is InChI=1S/C12H17ClO3/c1-7-4-9(11(15)10(14)6-13)5-8(2)12(7)16-3/h4-5,10-11,14-15H,6H2,1-3H3. The average Bonchev–Trinajstić information content (AvgIpc) is 2.26. The predicted molar refractivity (Wildman–Crippen MR) is 64.2 cm³/mol. The molecule has 0 aliphatic carbocycles. The molecule has 0 aliphatic rings. The molecule has 0 radical (unpaired) electrons. The smallest absolute Gasteiger partial charge is 0.124 e. The molecule has 90 valence electrons. The molecule has 3 nitrogen and oxygen atoms in total. The maximum absolute atomic E-state index is 9.83. The van der Waals surface area contributed by atoms with Crippen molar-refractivity contribution in [3.63, 3.8) is 0 Å². The van der Waals surface area contributed by atoms with Crippen LogP contribution in [0.4, 0.5) is 0 Å². The predicted octanol–water partition coefficient (Wildman–Crippen LogP) is 1.95. The van der Waals surface area contributed by atoms with Crippen LogP contribution in [-0.2, 0) is 0 Å². The third-order valence-electron chi connectivity index (χ3n) is 2.55. The molecular weight excluding hydrogens is 228 g/mol. The molecule has 1 aromatic rings. The highest BCUT2D eigenvalue weighted by Crippen LogP contribution is 2.28. The Labute approximate surface area is 101 Å². The number of alkyl halides is 1. The zero-order valence-electron chi connectivity index (χ0n) is 9.70. The van der Waals surface area contributed by atoms with Gasteiger partial charge in [0.25, 0.3) is 0 Å². The van der Waals surface area contributed by atoms with Crippen molar-refractivity contribution in [2.24, 2.45) is 0 Å². The summed E-state index contributed by atoms with van der Waals surface area (Å²) < 4.78 is 5.23. The third-order valence-corrected chi connectivity index (χ3v) is 2.87. The van der Waals surface area contributed by atoms with Gasteiger partial charge >= 0.3 is 0 Å². The zero-order chi connectivity index (χ0) is 12.3. The van der Waals surface area contributed by atoms with Crippen LogP contribution in [0.5, 0.6) is 5.75 Å². The SMILES string of the molecule is COc1c(C)cc(C(O)C(O)CCl)cc1C. The Balaban J connectivity index is 3.08. The fourth-order valence-electron chi connectivity index (χ4n) is 1.78. The van der Waals surface area contributed by atoms with E-state index in [1.54, 1.807) is 19.2 Å². The Morgan fingerprint density at radius 1 is 1.25 bits per heavy atom. The van der Waals surface area contributed by atoms with Gasteiger partial charge < -0.3 is 14.9 Å². The van der Waals surface area contributed by atoms with Crippen LogP contribution in [0.25, 0.3) is 0 Å². The van der Waals surface area contributed by atoms with Gasteiger partial charge in [-0.25, -0.2) is 0 Å². The fraction of sp³-hybridized carbons (Fsp3) is 0.500. The van der Waals surface area contributed by atoms with Crippen LogP contribution in [0.2, 0.25) is 0 Å². The van der Waals surface area contributed by atoms with E-state index in [2.05, 4.69) is 0 Å².